The molecule has 1 aliphatic rings. The van der Waals surface area contributed by atoms with Crippen LogP contribution < -0.4 is 15.4 Å². The van der Waals surface area contributed by atoms with Crippen LogP contribution in [0.15, 0.2) is 42.5 Å². The number of fused-ring (bicyclic) bond motifs is 1. The molecule has 0 aromatic heterocycles. The fraction of sp³-hybridized carbons (Fsp3) is 0.222. The molecule has 2 amide bonds. The van der Waals surface area contributed by atoms with Crippen LogP contribution >= 0.6 is 11.6 Å². The van der Waals surface area contributed by atoms with E-state index in [-0.39, 0.29) is 18.2 Å². The summed E-state index contributed by atoms with van der Waals surface area (Å²) in [6, 6.07) is 12.3. The van der Waals surface area contributed by atoms with Crippen molar-refractivity contribution in [3.8, 4) is 5.75 Å². The number of hydrogen-bond acceptors (Lipinski definition) is 3. The number of ether oxygens (including phenoxy) is 1. The van der Waals surface area contributed by atoms with Crippen LogP contribution in [0.4, 0.5) is 11.4 Å². The van der Waals surface area contributed by atoms with Gasteiger partial charge < -0.3 is 15.4 Å². The molecule has 0 unspecified atom stereocenters. The van der Waals surface area contributed by atoms with Crippen LogP contribution in [-0.2, 0) is 16.0 Å². The Kier molecular flexibility index (Phi) is 4.20. The minimum absolute atomic E-state index is 0.190. The van der Waals surface area contributed by atoms with Crippen LogP contribution in [0, 0.1) is 0 Å². The molecule has 0 aliphatic carbocycles. The highest BCUT2D eigenvalue weighted by Gasteiger charge is 2.36. The predicted molar refractivity (Wildman–Crippen MR) is 93.6 cm³/mol. The van der Waals surface area contributed by atoms with Crippen molar-refractivity contribution in [2.45, 2.75) is 25.9 Å². The highest BCUT2D eigenvalue weighted by Crippen LogP contribution is 2.38. The molecule has 3 rings (SSSR count). The van der Waals surface area contributed by atoms with Crippen molar-refractivity contribution in [1.29, 1.82) is 0 Å². The molecular weight excluding hydrogens is 328 g/mol. The lowest BCUT2D eigenvalue weighted by molar-refractivity contribution is -0.129. The summed E-state index contributed by atoms with van der Waals surface area (Å²) in [6.07, 6.45) is 0.209. The van der Waals surface area contributed by atoms with E-state index in [0.29, 0.717) is 22.1 Å². The van der Waals surface area contributed by atoms with Gasteiger partial charge >= 0.3 is 0 Å². The zero-order chi connectivity index (χ0) is 17.3. The first-order valence-corrected chi connectivity index (χ1v) is 7.91. The number of carbonyl (C=O) groups excluding carboxylic acids is 2. The molecule has 124 valence electrons. The number of benzene rings is 2. The van der Waals surface area contributed by atoms with Gasteiger partial charge in [-0.15, -0.1) is 0 Å². The van der Waals surface area contributed by atoms with E-state index in [2.05, 4.69) is 10.6 Å². The number of nitrogens with one attached hydrogen (secondary N) is 2. The molecule has 2 aromatic carbocycles. The lowest BCUT2D eigenvalue weighted by atomic mass is 10.1. The maximum atomic E-state index is 12.3. The summed E-state index contributed by atoms with van der Waals surface area (Å²) in [5.74, 6) is 0.0862. The molecule has 0 atom stereocenters. The first kappa shape index (κ1) is 16.3. The summed E-state index contributed by atoms with van der Waals surface area (Å²) >= 11 is 5.84. The van der Waals surface area contributed by atoms with E-state index < -0.39 is 5.60 Å². The van der Waals surface area contributed by atoms with Crippen LogP contribution in [-0.4, -0.2) is 17.4 Å². The molecule has 24 heavy (non-hydrogen) atoms. The summed E-state index contributed by atoms with van der Waals surface area (Å²) < 4.78 is 5.71. The maximum absolute atomic E-state index is 12.3. The number of hydrogen-bond donors (Lipinski definition) is 2. The van der Waals surface area contributed by atoms with Crippen molar-refractivity contribution in [2.75, 3.05) is 10.6 Å². The smallest absolute Gasteiger partial charge is 0.268 e. The van der Waals surface area contributed by atoms with Gasteiger partial charge in [-0.2, -0.15) is 0 Å². The molecule has 2 aromatic rings. The molecule has 5 nitrogen and oxygen atoms in total. The van der Waals surface area contributed by atoms with E-state index in [4.69, 9.17) is 16.3 Å². The molecule has 2 N–H and O–H groups in total. The second-order valence-electron chi connectivity index (χ2n) is 6.10. The zero-order valence-corrected chi connectivity index (χ0v) is 14.1. The Morgan fingerprint density at radius 2 is 1.92 bits per heavy atom. The van der Waals surface area contributed by atoms with Gasteiger partial charge in [-0.25, -0.2) is 0 Å². The lowest BCUT2D eigenvalue weighted by Gasteiger charge is -2.32. The molecule has 1 aliphatic heterocycles. The van der Waals surface area contributed by atoms with Gasteiger partial charge in [0.05, 0.1) is 12.1 Å². The topological polar surface area (TPSA) is 67.4 Å². The molecule has 6 heteroatoms. The Balaban J connectivity index is 1.78. The Bertz CT molecular complexity index is 800. The Labute approximate surface area is 145 Å². The van der Waals surface area contributed by atoms with Crippen LogP contribution in [0.25, 0.3) is 0 Å². The number of para-hydroxylation sites is 1. The summed E-state index contributed by atoms with van der Waals surface area (Å²) in [6.45, 7) is 3.38. The number of anilines is 2. The van der Waals surface area contributed by atoms with Gasteiger partial charge in [0.15, 0.2) is 5.60 Å². The molecular formula is C18H17ClN2O3. The fourth-order valence-corrected chi connectivity index (χ4v) is 2.54. The fourth-order valence-electron chi connectivity index (χ4n) is 2.42. The first-order chi connectivity index (χ1) is 11.3. The zero-order valence-electron chi connectivity index (χ0n) is 13.4. The average molecular weight is 345 g/mol. The van der Waals surface area contributed by atoms with Crippen molar-refractivity contribution < 1.29 is 14.3 Å². The van der Waals surface area contributed by atoms with Crippen LogP contribution in [0.5, 0.6) is 5.75 Å². The van der Waals surface area contributed by atoms with Crippen molar-refractivity contribution in [3.63, 3.8) is 0 Å². The summed E-state index contributed by atoms with van der Waals surface area (Å²) in [5, 5.41) is 6.24. The van der Waals surface area contributed by atoms with Gasteiger partial charge in [0.1, 0.15) is 11.4 Å². The molecule has 0 fully saturated rings. The van der Waals surface area contributed by atoms with Crippen molar-refractivity contribution in [3.05, 3.63) is 53.1 Å². The number of halogens is 1. The maximum Gasteiger partial charge on any atom is 0.268 e. The quantitative estimate of drug-likeness (QED) is 0.893. The molecule has 0 saturated heterocycles. The highest BCUT2D eigenvalue weighted by atomic mass is 35.5. The summed E-state index contributed by atoms with van der Waals surface area (Å²) in [7, 11) is 0. The molecule has 0 bridgehead atoms. The average Bonchev–Trinajstić information content (AvgIpc) is 2.51. The van der Waals surface area contributed by atoms with Gasteiger partial charge in [0.2, 0.25) is 5.91 Å². The van der Waals surface area contributed by atoms with Crippen LogP contribution in [0.2, 0.25) is 5.02 Å². The SMILES string of the molecule is CC1(C)Oc2cccc(NC(=O)Cc3ccc(Cl)cc3)c2NC1=O. The molecule has 0 radical (unpaired) electrons. The van der Waals surface area contributed by atoms with E-state index in [1.165, 1.54) is 0 Å². The summed E-state index contributed by atoms with van der Waals surface area (Å²) in [4.78, 5) is 24.3. The van der Waals surface area contributed by atoms with Crippen molar-refractivity contribution in [2.24, 2.45) is 0 Å². The molecule has 1 heterocycles. The van der Waals surface area contributed by atoms with E-state index in [1.54, 1.807) is 56.3 Å². The minimum Gasteiger partial charge on any atom is -0.476 e. The van der Waals surface area contributed by atoms with Crippen molar-refractivity contribution >= 4 is 34.8 Å². The third kappa shape index (κ3) is 3.36. The number of rotatable bonds is 3. The Morgan fingerprint density at radius 3 is 2.62 bits per heavy atom. The highest BCUT2D eigenvalue weighted by molar-refractivity contribution is 6.30. The Morgan fingerprint density at radius 1 is 1.21 bits per heavy atom. The largest absolute Gasteiger partial charge is 0.476 e. The predicted octanol–water partition coefficient (Wildman–Crippen LogP) is 3.63. The monoisotopic (exact) mass is 344 g/mol. The van der Waals surface area contributed by atoms with Gasteiger partial charge in [0.25, 0.3) is 5.91 Å². The third-order valence-corrected chi connectivity index (χ3v) is 3.98. The lowest BCUT2D eigenvalue weighted by Crippen LogP contribution is -2.45. The standard InChI is InChI=1S/C18H17ClN2O3/c1-18(2)17(23)21-16-13(4-3-5-14(16)24-18)20-15(22)10-11-6-8-12(19)9-7-11/h3-9H,10H2,1-2H3,(H,20,22)(H,21,23). The molecule has 0 spiro atoms. The van der Waals surface area contributed by atoms with Gasteiger partial charge in [-0.1, -0.05) is 29.8 Å². The van der Waals surface area contributed by atoms with Crippen LogP contribution in [0.1, 0.15) is 19.4 Å². The van der Waals surface area contributed by atoms with E-state index >= 15 is 0 Å². The number of amides is 2. The van der Waals surface area contributed by atoms with E-state index in [1.807, 2.05) is 0 Å². The van der Waals surface area contributed by atoms with Gasteiger partial charge in [-0.05, 0) is 43.7 Å². The second kappa shape index (κ2) is 6.17. The van der Waals surface area contributed by atoms with E-state index in [9.17, 15) is 9.59 Å². The second-order valence-corrected chi connectivity index (χ2v) is 6.53. The minimum atomic E-state index is -0.945. The van der Waals surface area contributed by atoms with E-state index in [0.717, 1.165) is 5.56 Å². The van der Waals surface area contributed by atoms with Gasteiger partial charge in [-0.3, -0.25) is 9.59 Å². The third-order valence-electron chi connectivity index (χ3n) is 3.73. The molecule has 0 saturated carbocycles. The van der Waals surface area contributed by atoms with Crippen molar-refractivity contribution in [1.82, 2.24) is 0 Å². The number of carbonyl (C=O) groups is 2. The first-order valence-electron chi connectivity index (χ1n) is 7.53. The summed E-state index contributed by atoms with van der Waals surface area (Å²) in [5.41, 5.74) is 0.892. The Hall–Kier alpha value is -2.53. The van der Waals surface area contributed by atoms with Crippen LogP contribution in [0.3, 0.4) is 0 Å². The van der Waals surface area contributed by atoms with Gasteiger partial charge in [0, 0.05) is 5.02 Å². The normalized spacial score (nSPS) is 15.0.